The third kappa shape index (κ3) is 2.40. The Balaban J connectivity index is 2.09. The third-order valence-electron chi connectivity index (χ3n) is 3.74. The zero-order valence-electron chi connectivity index (χ0n) is 11.1. The number of rotatable bonds is 3. The van der Waals surface area contributed by atoms with E-state index in [2.05, 4.69) is 77.5 Å². The molecule has 1 aliphatic carbocycles. The molecule has 0 N–H and O–H groups in total. The van der Waals surface area contributed by atoms with Gasteiger partial charge in [-0.15, -0.1) is 0 Å². The van der Waals surface area contributed by atoms with Crippen LogP contribution in [0.2, 0.25) is 0 Å². The molecule has 1 atom stereocenters. The second-order valence-electron chi connectivity index (χ2n) is 5.09. The van der Waals surface area contributed by atoms with Gasteiger partial charge in [0.2, 0.25) is 0 Å². The predicted molar refractivity (Wildman–Crippen MR) is 85.3 cm³/mol. The summed E-state index contributed by atoms with van der Waals surface area (Å²) in [7, 11) is 0. The van der Waals surface area contributed by atoms with Crippen molar-refractivity contribution in [1.29, 1.82) is 0 Å². The Morgan fingerprint density at radius 1 is 1.05 bits per heavy atom. The van der Waals surface area contributed by atoms with E-state index >= 15 is 0 Å². The van der Waals surface area contributed by atoms with Crippen LogP contribution in [0, 0.1) is 0 Å². The summed E-state index contributed by atoms with van der Waals surface area (Å²) < 4.78 is 1.16. The van der Waals surface area contributed by atoms with Crippen LogP contribution < -0.4 is 0 Å². The molecule has 0 saturated heterocycles. The van der Waals surface area contributed by atoms with E-state index in [4.69, 9.17) is 0 Å². The number of allylic oxidation sites excluding steroid dienone is 1. The fraction of sp³-hybridized carbons (Fsp3) is 0.222. The van der Waals surface area contributed by atoms with Crippen LogP contribution in [0.15, 0.2) is 58.6 Å². The molecule has 0 fully saturated rings. The van der Waals surface area contributed by atoms with Gasteiger partial charge in [-0.05, 0) is 35.2 Å². The zero-order valence-corrected chi connectivity index (χ0v) is 12.7. The van der Waals surface area contributed by atoms with Gasteiger partial charge in [0.25, 0.3) is 0 Å². The Kier molecular flexibility index (Phi) is 3.56. The molecule has 0 radical (unpaired) electrons. The number of fused-ring (bicyclic) bond motifs is 1. The molecular weight excluding hydrogens is 296 g/mol. The molecule has 3 rings (SSSR count). The molecule has 2 aromatic rings. The third-order valence-corrected chi connectivity index (χ3v) is 4.24. The van der Waals surface area contributed by atoms with Gasteiger partial charge in [0.05, 0.1) is 0 Å². The van der Waals surface area contributed by atoms with Gasteiger partial charge in [-0.3, -0.25) is 0 Å². The number of hydrogen-bond acceptors (Lipinski definition) is 0. The summed E-state index contributed by atoms with van der Waals surface area (Å²) in [5.41, 5.74) is 5.76. The molecule has 1 heteroatoms. The van der Waals surface area contributed by atoms with E-state index in [1.165, 1.54) is 29.5 Å². The van der Waals surface area contributed by atoms with Crippen LogP contribution in [-0.2, 0) is 0 Å². The van der Waals surface area contributed by atoms with E-state index < -0.39 is 0 Å². The first-order chi connectivity index (χ1) is 9.29. The quantitative estimate of drug-likeness (QED) is 0.674. The maximum Gasteiger partial charge on any atom is 0.0308 e. The molecule has 0 bridgehead atoms. The van der Waals surface area contributed by atoms with Gasteiger partial charge in [0.1, 0.15) is 0 Å². The fourth-order valence-corrected chi connectivity index (χ4v) is 3.34. The number of hydrogen-bond donors (Lipinski definition) is 0. The Labute approximate surface area is 123 Å². The molecular formula is C18H17Br. The summed E-state index contributed by atoms with van der Waals surface area (Å²) >= 11 is 3.57. The van der Waals surface area contributed by atoms with Crippen molar-refractivity contribution in [2.75, 3.05) is 0 Å². The van der Waals surface area contributed by atoms with Gasteiger partial charge in [0, 0.05) is 10.4 Å². The number of halogens is 1. The average molecular weight is 313 g/mol. The average Bonchev–Trinajstić information content (AvgIpc) is 2.77. The molecule has 0 saturated carbocycles. The first-order valence-corrected chi connectivity index (χ1v) is 7.63. The molecule has 0 aliphatic heterocycles. The lowest BCUT2D eigenvalue weighted by atomic mass is 9.87. The largest absolute Gasteiger partial charge is 0.0651 e. The SMILES string of the molecule is CCCC1=Cc2cc(Br)ccc2C1c1ccccc1. The first-order valence-electron chi connectivity index (χ1n) is 6.84. The highest BCUT2D eigenvalue weighted by Crippen LogP contribution is 2.43. The summed E-state index contributed by atoms with van der Waals surface area (Å²) in [6.45, 7) is 2.25. The van der Waals surface area contributed by atoms with Crippen molar-refractivity contribution in [2.45, 2.75) is 25.7 Å². The minimum Gasteiger partial charge on any atom is -0.0651 e. The minimum absolute atomic E-state index is 0.448. The van der Waals surface area contributed by atoms with E-state index in [9.17, 15) is 0 Å². The van der Waals surface area contributed by atoms with Crippen molar-refractivity contribution in [3.63, 3.8) is 0 Å². The van der Waals surface area contributed by atoms with E-state index in [0.29, 0.717) is 5.92 Å². The maximum absolute atomic E-state index is 3.57. The first kappa shape index (κ1) is 12.7. The summed E-state index contributed by atoms with van der Waals surface area (Å²) in [6.07, 6.45) is 4.75. The highest BCUT2D eigenvalue weighted by molar-refractivity contribution is 9.10. The molecule has 0 spiro atoms. The van der Waals surface area contributed by atoms with Crippen molar-refractivity contribution in [1.82, 2.24) is 0 Å². The molecule has 96 valence electrons. The predicted octanol–water partition coefficient (Wildman–Crippen LogP) is 5.78. The second-order valence-corrected chi connectivity index (χ2v) is 6.00. The molecule has 0 nitrogen and oxygen atoms in total. The Morgan fingerprint density at radius 2 is 1.84 bits per heavy atom. The zero-order chi connectivity index (χ0) is 13.2. The smallest absolute Gasteiger partial charge is 0.0308 e. The van der Waals surface area contributed by atoms with Crippen LogP contribution in [0.5, 0.6) is 0 Å². The van der Waals surface area contributed by atoms with Gasteiger partial charge in [-0.1, -0.05) is 77.3 Å². The summed E-state index contributed by atoms with van der Waals surface area (Å²) in [4.78, 5) is 0. The summed E-state index contributed by atoms with van der Waals surface area (Å²) in [5.74, 6) is 0.448. The van der Waals surface area contributed by atoms with Gasteiger partial charge >= 0.3 is 0 Å². The topological polar surface area (TPSA) is 0 Å². The Morgan fingerprint density at radius 3 is 2.58 bits per heavy atom. The molecule has 0 aromatic heterocycles. The van der Waals surface area contributed by atoms with E-state index in [1.807, 2.05) is 0 Å². The Bertz CT molecular complexity index is 611. The van der Waals surface area contributed by atoms with Crippen LogP contribution in [0.25, 0.3) is 6.08 Å². The Hall–Kier alpha value is -1.34. The normalized spacial score (nSPS) is 17.2. The molecule has 0 heterocycles. The molecule has 19 heavy (non-hydrogen) atoms. The highest BCUT2D eigenvalue weighted by atomic mass is 79.9. The lowest BCUT2D eigenvalue weighted by Crippen LogP contribution is -2.01. The van der Waals surface area contributed by atoms with Crippen molar-refractivity contribution < 1.29 is 0 Å². The monoisotopic (exact) mass is 312 g/mol. The molecule has 0 amide bonds. The van der Waals surface area contributed by atoms with Crippen molar-refractivity contribution >= 4 is 22.0 Å². The van der Waals surface area contributed by atoms with Gasteiger partial charge in [0.15, 0.2) is 0 Å². The number of benzene rings is 2. The molecule has 2 aromatic carbocycles. The van der Waals surface area contributed by atoms with Crippen LogP contribution in [0.1, 0.15) is 42.4 Å². The fourth-order valence-electron chi connectivity index (χ4n) is 2.96. The van der Waals surface area contributed by atoms with Crippen LogP contribution >= 0.6 is 15.9 Å². The molecule has 1 aliphatic rings. The van der Waals surface area contributed by atoms with Crippen molar-refractivity contribution in [2.24, 2.45) is 0 Å². The van der Waals surface area contributed by atoms with Gasteiger partial charge in [-0.25, -0.2) is 0 Å². The maximum atomic E-state index is 3.57. The van der Waals surface area contributed by atoms with E-state index in [1.54, 1.807) is 5.57 Å². The van der Waals surface area contributed by atoms with Crippen LogP contribution in [0.3, 0.4) is 0 Å². The lowest BCUT2D eigenvalue weighted by Gasteiger charge is -2.17. The minimum atomic E-state index is 0.448. The van der Waals surface area contributed by atoms with Crippen LogP contribution in [-0.4, -0.2) is 0 Å². The lowest BCUT2D eigenvalue weighted by molar-refractivity contribution is 0.829. The van der Waals surface area contributed by atoms with E-state index in [0.717, 1.165) is 4.47 Å². The van der Waals surface area contributed by atoms with E-state index in [-0.39, 0.29) is 0 Å². The summed E-state index contributed by atoms with van der Waals surface area (Å²) in [5, 5.41) is 0. The van der Waals surface area contributed by atoms with Crippen molar-refractivity contribution in [3.8, 4) is 0 Å². The standard InChI is InChI=1S/C18H17Br/c1-2-6-14-11-15-12-16(19)9-10-17(15)18(14)13-7-4-3-5-8-13/h3-5,7-12,18H,2,6H2,1H3. The highest BCUT2D eigenvalue weighted by Gasteiger charge is 2.25. The summed E-state index contributed by atoms with van der Waals surface area (Å²) in [6, 6.07) is 17.5. The van der Waals surface area contributed by atoms with Crippen LogP contribution in [0.4, 0.5) is 0 Å². The van der Waals surface area contributed by atoms with Crippen molar-refractivity contribution in [3.05, 3.63) is 75.3 Å². The van der Waals surface area contributed by atoms with Gasteiger partial charge < -0.3 is 0 Å². The second kappa shape index (κ2) is 5.34. The van der Waals surface area contributed by atoms with Gasteiger partial charge in [-0.2, -0.15) is 0 Å². The molecule has 1 unspecified atom stereocenters.